The second-order valence-corrected chi connectivity index (χ2v) is 7.02. The molecule has 0 fully saturated rings. The summed E-state index contributed by atoms with van der Waals surface area (Å²) in [6.07, 6.45) is 0.140. The van der Waals surface area contributed by atoms with Gasteiger partial charge in [0, 0.05) is 28.5 Å². The smallest absolute Gasteiger partial charge is 0.337 e. The molecule has 7 heteroatoms. The van der Waals surface area contributed by atoms with E-state index in [1.54, 1.807) is 26.0 Å². The first-order valence-electron chi connectivity index (χ1n) is 7.67. The Kier molecular flexibility index (Phi) is 3.37. The van der Waals surface area contributed by atoms with Crippen LogP contribution in [0, 0.1) is 0 Å². The van der Waals surface area contributed by atoms with Crippen LogP contribution in [0.4, 0.5) is 0 Å². The molecule has 1 N–H and O–H groups in total. The maximum absolute atomic E-state index is 12.4. The minimum Gasteiger partial charge on any atom is -0.467 e. The Morgan fingerprint density at radius 3 is 2.88 bits per heavy atom. The third kappa shape index (κ3) is 2.29. The van der Waals surface area contributed by atoms with Gasteiger partial charge in [-0.3, -0.25) is 4.79 Å². The van der Waals surface area contributed by atoms with E-state index in [1.807, 2.05) is 0 Å². The molecule has 0 saturated heterocycles. The lowest BCUT2D eigenvalue weighted by Gasteiger charge is -2.29. The summed E-state index contributed by atoms with van der Waals surface area (Å²) in [5.41, 5.74) is 1.66. The predicted octanol–water partition coefficient (Wildman–Crippen LogP) is 2.40. The van der Waals surface area contributed by atoms with Gasteiger partial charge in [0.25, 0.3) is 0 Å². The Morgan fingerprint density at radius 1 is 1.29 bits per heavy atom. The Balaban J connectivity index is 1.90. The van der Waals surface area contributed by atoms with Gasteiger partial charge in [-0.1, -0.05) is 11.6 Å². The van der Waals surface area contributed by atoms with Crippen molar-refractivity contribution in [1.29, 1.82) is 0 Å². The molecule has 0 aliphatic carbocycles. The average molecular weight is 350 g/mol. The van der Waals surface area contributed by atoms with Crippen LogP contribution in [0.2, 0.25) is 5.02 Å². The minimum absolute atomic E-state index is 0.127. The number of amides is 1. The minimum atomic E-state index is -0.858. The molecule has 3 heterocycles. The van der Waals surface area contributed by atoms with Crippen LogP contribution in [0.25, 0.3) is 0 Å². The fourth-order valence-electron chi connectivity index (χ4n) is 3.51. The lowest BCUT2D eigenvalue weighted by molar-refractivity contribution is -0.144. The number of carbonyl (C=O) groups excluding carboxylic acids is 2. The lowest BCUT2D eigenvalue weighted by atomic mass is 9.81. The summed E-state index contributed by atoms with van der Waals surface area (Å²) in [6.45, 7) is 4.02. The normalized spacial score (nSPS) is 24.7. The van der Waals surface area contributed by atoms with E-state index in [0.717, 1.165) is 11.1 Å². The maximum atomic E-state index is 12.4. The molecule has 4 rings (SSSR count). The van der Waals surface area contributed by atoms with Crippen LogP contribution in [0.5, 0.6) is 5.75 Å². The summed E-state index contributed by atoms with van der Waals surface area (Å²) in [7, 11) is 0. The Hall–Kier alpha value is -2.05. The molecule has 1 amide bonds. The highest BCUT2D eigenvalue weighted by Crippen LogP contribution is 2.47. The van der Waals surface area contributed by atoms with E-state index < -0.39 is 17.5 Å². The van der Waals surface area contributed by atoms with Crippen LogP contribution in [-0.2, 0) is 25.7 Å². The number of cyclic esters (lactones) is 1. The second-order valence-electron chi connectivity index (χ2n) is 6.59. The van der Waals surface area contributed by atoms with Gasteiger partial charge in [0.15, 0.2) is 6.79 Å². The molecule has 0 unspecified atom stereocenters. The fraction of sp³-hybridized carbons (Fsp3) is 0.412. The number of esters is 1. The number of ether oxygens (including phenoxy) is 3. The maximum Gasteiger partial charge on any atom is 0.337 e. The first kappa shape index (κ1) is 15.5. The molecule has 0 bridgehead atoms. The Bertz CT molecular complexity index is 798. The van der Waals surface area contributed by atoms with Gasteiger partial charge in [0.2, 0.25) is 5.91 Å². The molecule has 126 valence electrons. The highest BCUT2D eigenvalue weighted by Gasteiger charge is 2.48. The highest BCUT2D eigenvalue weighted by atomic mass is 35.5. The molecule has 0 spiro atoms. The molecule has 0 saturated carbocycles. The SMILES string of the molecule is CC1(C)OC(=O)C2=C1NC(=O)C[C@H]2c1cc(Cl)cc2c1OCOC2. The van der Waals surface area contributed by atoms with Crippen molar-refractivity contribution in [3.63, 3.8) is 0 Å². The number of hydrogen-bond donors (Lipinski definition) is 1. The molecular formula is C17H16ClNO5. The van der Waals surface area contributed by atoms with Crippen LogP contribution < -0.4 is 10.1 Å². The van der Waals surface area contributed by atoms with Gasteiger partial charge in [-0.05, 0) is 26.0 Å². The first-order chi connectivity index (χ1) is 11.4. The van der Waals surface area contributed by atoms with E-state index in [-0.39, 0.29) is 19.1 Å². The van der Waals surface area contributed by atoms with Crippen LogP contribution in [-0.4, -0.2) is 24.3 Å². The van der Waals surface area contributed by atoms with Crippen molar-refractivity contribution < 1.29 is 23.8 Å². The summed E-state index contributed by atoms with van der Waals surface area (Å²) in [5.74, 6) is -0.394. The third-order valence-electron chi connectivity index (χ3n) is 4.52. The summed E-state index contributed by atoms with van der Waals surface area (Å²) in [6, 6.07) is 3.52. The van der Waals surface area contributed by atoms with E-state index in [0.29, 0.717) is 28.6 Å². The highest BCUT2D eigenvalue weighted by molar-refractivity contribution is 6.30. The zero-order chi connectivity index (χ0) is 17.1. The average Bonchev–Trinajstić information content (AvgIpc) is 2.75. The van der Waals surface area contributed by atoms with Gasteiger partial charge in [-0.15, -0.1) is 0 Å². The summed E-state index contributed by atoms with van der Waals surface area (Å²) >= 11 is 6.23. The van der Waals surface area contributed by atoms with E-state index in [9.17, 15) is 9.59 Å². The van der Waals surface area contributed by atoms with Crippen molar-refractivity contribution in [2.45, 2.75) is 38.4 Å². The quantitative estimate of drug-likeness (QED) is 0.788. The van der Waals surface area contributed by atoms with Crippen molar-refractivity contribution >= 4 is 23.5 Å². The van der Waals surface area contributed by atoms with Crippen LogP contribution in [0.3, 0.4) is 0 Å². The van der Waals surface area contributed by atoms with Crippen molar-refractivity contribution in [1.82, 2.24) is 5.32 Å². The van der Waals surface area contributed by atoms with Gasteiger partial charge in [-0.2, -0.15) is 0 Å². The molecule has 1 aromatic carbocycles. The van der Waals surface area contributed by atoms with Gasteiger partial charge in [0.05, 0.1) is 17.9 Å². The standard InChI is InChI=1S/C17H16ClNO5/c1-17(2)15-13(16(21)24-17)10(5-12(20)19-15)11-4-9(18)3-8-6-22-7-23-14(8)11/h3-4,10H,5-7H2,1-2H3,(H,19,20)/t10-/m0/s1. The molecule has 6 nitrogen and oxygen atoms in total. The largest absolute Gasteiger partial charge is 0.467 e. The summed E-state index contributed by atoms with van der Waals surface area (Å²) < 4.78 is 16.4. The first-order valence-corrected chi connectivity index (χ1v) is 8.05. The van der Waals surface area contributed by atoms with Gasteiger partial charge in [-0.25, -0.2) is 4.79 Å². The number of fused-ring (bicyclic) bond motifs is 1. The van der Waals surface area contributed by atoms with Crippen molar-refractivity contribution in [2.75, 3.05) is 6.79 Å². The topological polar surface area (TPSA) is 73.9 Å². The molecule has 3 aliphatic heterocycles. The van der Waals surface area contributed by atoms with Gasteiger partial charge < -0.3 is 19.5 Å². The predicted molar refractivity (Wildman–Crippen MR) is 84.4 cm³/mol. The molecule has 24 heavy (non-hydrogen) atoms. The summed E-state index contributed by atoms with van der Waals surface area (Å²) in [4.78, 5) is 24.7. The van der Waals surface area contributed by atoms with E-state index in [1.165, 1.54) is 0 Å². The van der Waals surface area contributed by atoms with Crippen molar-refractivity contribution in [2.24, 2.45) is 0 Å². The Morgan fingerprint density at radius 2 is 2.08 bits per heavy atom. The van der Waals surface area contributed by atoms with Crippen molar-refractivity contribution in [3.05, 3.63) is 39.6 Å². The zero-order valence-corrected chi connectivity index (χ0v) is 14.0. The molecule has 1 aromatic rings. The van der Waals surface area contributed by atoms with Crippen LogP contribution in [0.15, 0.2) is 23.4 Å². The Labute approximate surface area is 143 Å². The lowest BCUT2D eigenvalue weighted by Crippen LogP contribution is -2.38. The molecular weight excluding hydrogens is 334 g/mol. The van der Waals surface area contributed by atoms with E-state index >= 15 is 0 Å². The van der Waals surface area contributed by atoms with Gasteiger partial charge in [0.1, 0.15) is 11.4 Å². The van der Waals surface area contributed by atoms with Gasteiger partial charge >= 0.3 is 5.97 Å². The number of carbonyl (C=O) groups is 2. The van der Waals surface area contributed by atoms with Crippen LogP contribution in [0.1, 0.15) is 37.3 Å². The second kappa shape index (κ2) is 5.22. The molecule has 0 aromatic heterocycles. The zero-order valence-electron chi connectivity index (χ0n) is 13.3. The molecule has 1 atom stereocenters. The number of hydrogen-bond acceptors (Lipinski definition) is 5. The third-order valence-corrected chi connectivity index (χ3v) is 4.74. The molecule has 0 radical (unpaired) electrons. The fourth-order valence-corrected chi connectivity index (χ4v) is 3.76. The summed E-state index contributed by atoms with van der Waals surface area (Å²) in [5, 5.41) is 3.30. The number of nitrogens with one attached hydrogen (secondary N) is 1. The number of halogens is 1. The van der Waals surface area contributed by atoms with E-state index in [2.05, 4.69) is 5.32 Å². The number of rotatable bonds is 1. The van der Waals surface area contributed by atoms with E-state index in [4.69, 9.17) is 25.8 Å². The number of benzene rings is 1. The monoisotopic (exact) mass is 349 g/mol. The molecule has 3 aliphatic rings. The van der Waals surface area contributed by atoms with Crippen molar-refractivity contribution in [3.8, 4) is 5.75 Å². The van der Waals surface area contributed by atoms with Crippen LogP contribution >= 0.6 is 11.6 Å².